The third kappa shape index (κ3) is 53.4. The highest BCUT2D eigenvalue weighted by Crippen LogP contribution is 2.18. The fourth-order valence-corrected chi connectivity index (χ4v) is 9.33. The number of hydrogen-bond donors (Lipinski definition) is 0. The highest BCUT2D eigenvalue weighted by atomic mass is 16.6. The lowest BCUT2D eigenvalue weighted by Crippen LogP contribution is -2.30. The number of rotatable bonds is 56. The predicted molar refractivity (Wildman–Crippen MR) is 284 cm³/mol. The molecule has 0 saturated heterocycles. The van der Waals surface area contributed by atoms with Crippen LogP contribution in [-0.2, 0) is 28.6 Å². The minimum absolute atomic E-state index is 0.0610. The first-order valence-electron chi connectivity index (χ1n) is 30.0. The number of esters is 3. The Bertz CT molecular complexity index is 982. The maximum absolute atomic E-state index is 12.8. The van der Waals surface area contributed by atoms with Crippen molar-refractivity contribution in [1.29, 1.82) is 0 Å². The van der Waals surface area contributed by atoms with Crippen LogP contribution in [-0.4, -0.2) is 37.2 Å². The van der Waals surface area contributed by atoms with Crippen LogP contribution in [0.3, 0.4) is 0 Å². The van der Waals surface area contributed by atoms with Gasteiger partial charge in [-0.15, -0.1) is 0 Å². The minimum atomic E-state index is -0.761. The van der Waals surface area contributed by atoms with E-state index in [0.717, 1.165) is 57.8 Å². The maximum Gasteiger partial charge on any atom is 0.306 e. The van der Waals surface area contributed by atoms with Crippen molar-refractivity contribution in [3.8, 4) is 0 Å². The van der Waals surface area contributed by atoms with Crippen LogP contribution in [0, 0.1) is 0 Å². The zero-order chi connectivity index (χ0) is 47.9. The van der Waals surface area contributed by atoms with E-state index in [9.17, 15) is 14.4 Å². The second-order valence-corrected chi connectivity index (χ2v) is 20.6. The van der Waals surface area contributed by atoms with Gasteiger partial charge in [0.15, 0.2) is 6.10 Å². The molecule has 0 N–H and O–H groups in total. The van der Waals surface area contributed by atoms with Crippen LogP contribution in [0.4, 0.5) is 0 Å². The summed E-state index contributed by atoms with van der Waals surface area (Å²) < 4.78 is 16.9. The molecule has 392 valence electrons. The smallest absolute Gasteiger partial charge is 0.306 e. The van der Waals surface area contributed by atoms with Crippen LogP contribution in [0.2, 0.25) is 0 Å². The van der Waals surface area contributed by atoms with Crippen molar-refractivity contribution in [1.82, 2.24) is 0 Å². The molecular weight excluding hydrogens is 817 g/mol. The van der Waals surface area contributed by atoms with Gasteiger partial charge in [0.2, 0.25) is 0 Å². The van der Waals surface area contributed by atoms with E-state index in [0.29, 0.717) is 19.3 Å². The molecule has 0 aromatic rings. The van der Waals surface area contributed by atoms with Crippen LogP contribution in [0.5, 0.6) is 0 Å². The second kappa shape index (κ2) is 56.0. The molecule has 0 aromatic carbocycles. The molecule has 0 aromatic heterocycles. The zero-order valence-electron chi connectivity index (χ0n) is 45.0. The van der Waals surface area contributed by atoms with Crippen LogP contribution in [0.25, 0.3) is 0 Å². The second-order valence-electron chi connectivity index (χ2n) is 20.6. The average molecular weight is 934 g/mol. The summed E-state index contributed by atoms with van der Waals surface area (Å²) in [6.07, 6.45) is 62.5. The van der Waals surface area contributed by atoms with E-state index in [4.69, 9.17) is 14.2 Å². The molecule has 0 heterocycles. The molecule has 0 aliphatic carbocycles. The van der Waals surface area contributed by atoms with Crippen LogP contribution in [0.1, 0.15) is 348 Å². The lowest BCUT2D eigenvalue weighted by molar-refractivity contribution is -0.167. The Morgan fingerprint density at radius 2 is 0.409 bits per heavy atom. The maximum atomic E-state index is 12.8. The number of ether oxygens (including phenoxy) is 3. The van der Waals surface area contributed by atoms with Gasteiger partial charge in [-0.2, -0.15) is 0 Å². The Labute approximate surface area is 412 Å². The van der Waals surface area contributed by atoms with Gasteiger partial charge in [-0.3, -0.25) is 14.4 Å². The van der Waals surface area contributed by atoms with Crippen molar-refractivity contribution in [2.24, 2.45) is 0 Å². The molecule has 0 spiro atoms. The van der Waals surface area contributed by atoms with E-state index in [1.54, 1.807) is 0 Å². The van der Waals surface area contributed by atoms with E-state index >= 15 is 0 Å². The van der Waals surface area contributed by atoms with Crippen molar-refractivity contribution in [2.75, 3.05) is 13.2 Å². The van der Waals surface area contributed by atoms with Gasteiger partial charge in [0.05, 0.1) is 0 Å². The number of hydrogen-bond acceptors (Lipinski definition) is 6. The van der Waals surface area contributed by atoms with Crippen molar-refractivity contribution in [3.05, 3.63) is 0 Å². The van der Waals surface area contributed by atoms with Crippen LogP contribution in [0.15, 0.2) is 0 Å². The Morgan fingerprint density at radius 1 is 0.242 bits per heavy atom. The van der Waals surface area contributed by atoms with E-state index in [-0.39, 0.29) is 31.1 Å². The highest BCUT2D eigenvalue weighted by molar-refractivity contribution is 5.71. The van der Waals surface area contributed by atoms with Gasteiger partial charge in [-0.1, -0.05) is 310 Å². The summed E-state index contributed by atoms with van der Waals surface area (Å²) in [6, 6.07) is 0. The summed E-state index contributed by atoms with van der Waals surface area (Å²) in [5, 5.41) is 0. The molecule has 0 rings (SSSR count). The van der Waals surface area contributed by atoms with Crippen LogP contribution >= 0.6 is 0 Å². The summed E-state index contributed by atoms with van der Waals surface area (Å²) >= 11 is 0. The molecule has 0 radical (unpaired) electrons. The van der Waals surface area contributed by atoms with E-state index in [1.165, 1.54) is 250 Å². The molecule has 0 aliphatic heterocycles. The molecule has 0 amide bonds. The Hall–Kier alpha value is -1.59. The molecule has 1 atom stereocenters. The number of unbranched alkanes of at least 4 members (excludes halogenated alkanes) is 45. The molecule has 6 nitrogen and oxygen atoms in total. The molecule has 0 saturated carbocycles. The first-order valence-corrected chi connectivity index (χ1v) is 30.0. The zero-order valence-corrected chi connectivity index (χ0v) is 45.0. The van der Waals surface area contributed by atoms with Crippen molar-refractivity contribution >= 4 is 17.9 Å². The molecule has 0 fully saturated rings. The first-order chi connectivity index (χ1) is 32.5. The highest BCUT2D eigenvalue weighted by Gasteiger charge is 2.19. The number of carbonyl (C=O) groups is 3. The summed E-state index contributed by atoms with van der Waals surface area (Å²) in [6.45, 7) is 6.70. The first kappa shape index (κ1) is 64.4. The van der Waals surface area contributed by atoms with E-state index in [1.807, 2.05) is 0 Å². The molecule has 1 unspecified atom stereocenters. The van der Waals surface area contributed by atoms with Gasteiger partial charge < -0.3 is 14.2 Å². The summed E-state index contributed by atoms with van der Waals surface area (Å²) in [4.78, 5) is 38.1. The normalized spacial score (nSPS) is 11.9. The average Bonchev–Trinajstić information content (AvgIpc) is 3.31. The molecule has 6 heteroatoms. The van der Waals surface area contributed by atoms with Crippen LogP contribution < -0.4 is 0 Å². The fourth-order valence-electron chi connectivity index (χ4n) is 9.33. The van der Waals surface area contributed by atoms with Gasteiger partial charge in [0.25, 0.3) is 0 Å². The van der Waals surface area contributed by atoms with Crippen molar-refractivity contribution in [3.63, 3.8) is 0 Å². The molecule has 66 heavy (non-hydrogen) atoms. The monoisotopic (exact) mass is 933 g/mol. The third-order valence-corrected chi connectivity index (χ3v) is 13.9. The lowest BCUT2D eigenvalue weighted by atomic mass is 10.0. The van der Waals surface area contributed by atoms with Gasteiger partial charge in [0.1, 0.15) is 13.2 Å². The van der Waals surface area contributed by atoms with Gasteiger partial charge in [-0.05, 0) is 19.3 Å². The van der Waals surface area contributed by atoms with Gasteiger partial charge in [0, 0.05) is 19.3 Å². The molecule has 0 aliphatic rings. The lowest BCUT2D eigenvalue weighted by Gasteiger charge is -2.18. The molecular formula is C60H116O6. The predicted octanol–water partition coefficient (Wildman–Crippen LogP) is 19.9. The summed E-state index contributed by atoms with van der Waals surface area (Å²) in [7, 11) is 0. The Balaban J connectivity index is 4.19. The fraction of sp³-hybridized carbons (Fsp3) is 0.950. The number of carbonyl (C=O) groups excluding carboxylic acids is 3. The summed E-state index contributed by atoms with van der Waals surface area (Å²) in [5.74, 6) is -0.832. The Morgan fingerprint density at radius 3 is 0.606 bits per heavy atom. The van der Waals surface area contributed by atoms with Crippen molar-refractivity contribution in [2.45, 2.75) is 354 Å². The summed E-state index contributed by atoms with van der Waals surface area (Å²) in [5.41, 5.74) is 0. The SMILES string of the molecule is CCCCCCCCCCCCCCCCCCCCCCCCC(=O)OCC(COC(=O)CCCCCCCCCCCCC)OC(=O)CCCCCCCCCCCCCCCCC. The molecule has 0 bridgehead atoms. The largest absolute Gasteiger partial charge is 0.462 e. The van der Waals surface area contributed by atoms with Gasteiger partial charge in [-0.25, -0.2) is 0 Å². The third-order valence-electron chi connectivity index (χ3n) is 13.9. The standard InChI is InChI=1S/C60H116O6/c1-4-7-10-13-16-19-22-24-26-27-28-29-30-31-32-34-35-38-41-44-47-50-53-59(62)65-56-57(55-64-58(61)52-49-46-43-40-37-21-18-15-12-9-6-3)66-60(63)54-51-48-45-42-39-36-33-25-23-20-17-14-11-8-5-2/h57H,4-56H2,1-3H3. The van der Waals surface area contributed by atoms with Gasteiger partial charge >= 0.3 is 17.9 Å². The minimum Gasteiger partial charge on any atom is -0.462 e. The quantitative estimate of drug-likeness (QED) is 0.0343. The van der Waals surface area contributed by atoms with Crippen molar-refractivity contribution < 1.29 is 28.6 Å². The topological polar surface area (TPSA) is 78.9 Å². The van der Waals surface area contributed by atoms with E-state index in [2.05, 4.69) is 20.8 Å². The van der Waals surface area contributed by atoms with E-state index < -0.39 is 6.10 Å². The Kier molecular flexibility index (Phi) is 54.7.